The fourth-order valence-corrected chi connectivity index (χ4v) is 3.07. The van der Waals surface area contributed by atoms with E-state index in [1.807, 2.05) is 31.2 Å². The lowest BCUT2D eigenvalue weighted by molar-refractivity contribution is 0.0653. The van der Waals surface area contributed by atoms with Gasteiger partial charge in [0.2, 0.25) is 0 Å². The monoisotopic (exact) mass is 341 g/mol. The summed E-state index contributed by atoms with van der Waals surface area (Å²) < 4.78 is 5.79. The summed E-state index contributed by atoms with van der Waals surface area (Å²) in [7, 11) is 0. The highest BCUT2D eigenvalue weighted by Gasteiger charge is 2.14. The summed E-state index contributed by atoms with van der Waals surface area (Å²) in [5.41, 5.74) is 5.02. The smallest absolute Gasteiger partial charge is 0.122 e. The molecule has 3 nitrogen and oxygen atoms in total. The number of aryl methyl sites for hydroxylation is 3. The Hall–Kier alpha value is -1.84. The largest absolute Gasteiger partial charge is 0.491 e. The fourth-order valence-electron chi connectivity index (χ4n) is 3.07. The molecular formula is C22H31NO2. The Balaban J connectivity index is 1.92. The Kier molecular flexibility index (Phi) is 7.48. The third-order valence-electron chi connectivity index (χ3n) is 4.43. The van der Waals surface area contributed by atoms with Crippen molar-refractivity contribution in [2.24, 2.45) is 0 Å². The summed E-state index contributed by atoms with van der Waals surface area (Å²) >= 11 is 0. The molecule has 0 saturated heterocycles. The summed E-state index contributed by atoms with van der Waals surface area (Å²) in [4.78, 5) is 2.31. The van der Waals surface area contributed by atoms with Crippen LogP contribution in [0.25, 0.3) is 0 Å². The topological polar surface area (TPSA) is 32.7 Å². The standard InChI is InChI=1S/C22H31NO2/c1-5-12-23(14-20-11-10-17(2)13-19(20)4)15-21(24)16-25-22-9-7-6-8-18(22)3/h6-11,13,21,24H,5,12,14-16H2,1-4H3/t21-/m1/s1. The number of para-hydroxylation sites is 1. The van der Waals surface area contributed by atoms with Crippen molar-refractivity contribution in [3.63, 3.8) is 0 Å². The second kappa shape index (κ2) is 9.59. The molecule has 0 spiro atoms. The van der Waals surface area contributed by atoms with E-state index in [0.717, 1.165) is 30.8 Å². The Labute approximate surface area is 152 Å². The van der Waals surface area contributed by atoms with Gasteiger partial charge in [0, 0.05) is 13.1 Å². The van der Waals surface area contributed by atoms with Crippen LogP contribution in [0, 0.1) is 20.8 Å². The molecule has 3 heteroatoms. The minimum Gasteiger partial charge on any atom is -0.491 e. The molecule has 0 fully saturated rings. The highest BCUT2D eigenvalue weighted by Crippen LogP contribution is 2.17. The van der Waals surface area contributed by atoms with Crippen LogP contribution in [-0.4, -0.2) is 35.8 Å². The van der Waals surface area contributed by atoms with Gasteiger partial charge in [0.1, 0.15) is 18.5 Å². The van der Waals surface area contributed by atoms with E-state index in [-0.39, 0.29) is 0 Å². The molecule has 0 radical (unpaired) electrons. The highest BCUT2D eigenvalue weighted by atomic mass is 16.5. The Bertz CT molecular complexity index is 669. The predicted molar refractivity (Wildman–Crippen MR) is 104 cm³/mol. The number of hydrogen-bond acceptors (Lipinski definition) is 3. The summed E-state index contributed by atoms with van der Waals surface area (Å²) in [5.74, 6) is 0.845. The molecule has 2 aromatic rings. The molecule has 0 aliphatic carbocycles. The predicted octanol–water partition coefficient (Wildman–Crippen LogP) is 4.26. The van der Waals surface area contributed by atoms with E-state index in [1.165, 1.54) is 16.7 Å². The van der Waals surface area contributed by atoms with Gasteiger partial charge in [-0.2, -0.15) is 0 Å². The molecule has 0 amide bonds. The molecule has 0 bridgehead atoms. The average molecular weight is 341 g/mol. The first-order valence-corrected chi connectivity index (χ1v) is 9.14. The number of benzene rings is 2. The van der Waals surface area contributed by atoms with Crippen molar-refractivity contribution in [1.82, 2.24) is 4.90 Å². The Morgan fingerprint density at radius 1 is 1.04 bits per heavy atom. The van der Waals surface area contributed by atoms with Crippen LogP contribution in [0.2, 0.25) is 0 Å². The van der Waals surface area contributed by atoms with Gasteiger partial charge in [-0.05, 0) is 56.5 Å². The van der Waals surface area contributed by atoms with Crippen molar-refractivity contribution in [2.75, 3.05) is 19.7 Å². The number of aliphatic hydroxyl groups excluding tert-OH is 1. The SMILES string of the molecule is CCCN(Cc1ccc(C)cc1C)C[C@@H](O)COc1ccccc1C. The van der Waals surface area contributed by atoms with Crippen molar-refractivity contribution in [3.8, 4) is 5.75 Å². The lowest BCUT2D eigenvalue weighted by atomic mass is 10.1. The van der Waals surface area contributed by atoms with E-state index in [9.17, 15) is 5.11 Å². The molecule has 0 saturated carbocycles. The van der Waals surface area contributed by atoms with Crippen molar-refractivity contribution < 1.29 is 9.84 Å². The van der Waals surface area contributed by atoms with E-state index >= 15 is 0 Å². The van der Waals surface area contributed by atoms with Gasteiger partial charge in [-0.15, -0.1) is 0 Å². The molecular weight excluding hydrogens is 310 g/mol. The first kappa shape index (κ1) is 19.5. The second-order valence-corrected chi connectivity index (χ2v) is 6.90. The zero-order valence-corrected chi connectivity index (χ0v) is 16.0. The van der Waals surface area contributed by atoms with Crippen molar-refractivity contribution >= 4 is 0 Å². The summed E-state index contributed by atoms with van der Waals surface area (Å²) in [5, 5.41) is 10.4. The van der Waals surface area contributed by atoms with Crippen molar-refractivity contribution in [3.05, 3.63) is 64.7 Å². The minimum atomic E-state index is -0.503. The lowest BCUT2D eigenvalue weighted by Crippen LogP contribution is -2.36. The minimum absolute atomic E-state index is 0.317. The Morgan fingerprint density at radius 3 is 2.48 bits per heavy atom. The van der Waals surface area contributed by atoms with E-state index in [1.54, 1.807) is 0 Å². The third-order valence-corrected chi connectivity index (χ3v) is 4.43. The summed E-state index contributed by atoms with van der Waals surface area (Å²) in [6.07, 6.45) is 0.563. The van der Waals surface area contributed by atoms with Crippen LogP contribution in [-0.2, 0) is 6.54 Å². The maximum atomic E-state index is 10.4. The van der Waals surface area contributed by atoms with Gasteiger partial charge in [-0.3, -0.25) is 4.90 Å². The highest BCUT2D eigenvalue weighted by molar-refractivity contribution is 5.32. The van der Waals surface area contributed by atoms with Gasteiger partial charge in [0.25, 0.3) is 0 Å². The first-order chi connectivity index (χ1) is 12.0. The van der Waals surface area contributed by atoms with E-state index in [2.05, 4.69) is 43.9 Å². The van der Waals surface area contributed by atoms with Gasteiger partial charge in [-0.25, -0.2) is 0 Å². The van der Waals surface area contributed by atoms with Crippen LogP contribution >= 0.6 is 0 Å². The third kappa shape index (κ3) is 6.18. The molecule has 0 aromatic heterocycles. The van der Waals surface area contributed by atoms with Gasteiger partial charge in [-0.1, -0.05) is 48.9 Å². The van der Waals surface area contributed by atoms with Crippen LogP contribution in [0.3, 0.4) is 0 Å². The van der Waals surface area contributed by atoms with Crippen LogP contribution in [0.5, 0.6) is 5.75 Å². The molecule has 0 heterocycles. The van der Waals surface area contributed by atoms with Gasteiger partial charge in [0.15, 0.2) is 0 Å². The molecule has 0 aliphatic rings. The van der Waals surface area contributed by atoms with Crippen LogP contribution in [0.4, 0.5) is 0 Å². The van der Waals surface area contributed by atoms with E-state index < -0.39 is 6.10 Å². The van der Waals surface area contributed by atoms with Gasteiger partial charge >= 0.3 is 0 Å². The lowest BCUT2D eigenvalue weighted by Gasteiger charge is -2.25. The molecule has 0 aliphatic heterocycles. The molecule has 25 heavy (non-hydrogen) atoms. The van der Waals surface area contributed by atoms with Crippen LogP contribution < -0.4 is 4.74 Å². The first-order valence-electron chi connectivity index (χ1n) is 9.14. The molecule has 1 N–H and O–H groups in total. The number of hydrogen-bond donors (Lipinski definition) is 1. The molecule has 0 unspecified atom stereocenters. The number of ether oxygens (including phenoxy) is 1. The zero-order valence-electron chi connectivity index (χ0n) is 16.0. The van der Waals surface area contributed by atoms with Crippen LogP contribution in [0.1, 0.15) is 35.6 Å². The quantitative estimate of drug-likeness (QED) is 0.739. The Morgan fingerprint density at radius 2 is 1.80 bits per heavy atom. The second-order valence-electron chi connectivity index (χ2n) is 6.90. The zero-order chi connectivity index (χ0) is 18.2. The summed E-state index contributed by atoms with van der Waals surface area (Å²) in [6.45, 7) is 11.2. The van der Waals surface area contributed by atoms with Crippen molar-refractivity contribution in [1.29, 1.82) is 0 Å². The molecule has 2 rings (SSSR count). The fraction of sp³-hybridized carbons (Fsp3) is 0.455. The normalized spacial score (nSPS) is 12.4. The number of rotatable bonds is 9. The molecule has 136 valence electrons. The molecule has 1 atom stereocenters. The van der Waals surface area contributed by atoms with Gasteiger partial charge < -0.3 is 9.84 Å². The maximum Gasteiger partial charge on any atom is 0.122 e. The van der Waals surface area contributed by atoms with E-state index in [4.69, 9.17) is 4.74 Å². The van der Waals surface area contributed by atoms with E-state index in [0.29, 0.717) is 13.2 Å². The average Bonchev–Trinajstić information content (AvgIpc) is 2.57. The van der Waals surface area contributed by atoms with Crippen molar-refractivity contribution in [2.45, 2.75) is 46.8 Å². The summed E-state index contributed by atoms with van der Waals surface area (Å²) in [6, 6.07) is 14.5. The van der Waals surface area contributed by atoms with Crippen LogP contribution in [0.15, 0.2) is 42.5 Å². The number of nitrogens with zero attached hydrogens (tertiary/aromatic N) is 1. The number of aliphatic hydroxyl groups is 1. The maximum absolute atomic E-state index is 10.4. The molecule has 2 aromatic carbocycles. The van der Waals surface area contributed by atoms with Gasteiger partial charge in [0.05, 0.1) is 0 Å².